The first kappa shape index (κ1) is 18.1. The molecule has 0 spiro atoms. The van der Waals surface area contributed by atoms with Crippen LogP contribution in [0.3, 0.4) is 0 Å². The van der Waals surface area contributed by atoms with Gasteiger partial charge in [-0.2, -0.15) is 5.10 Å². The fraction of sp³-hybridized carbons (Fsp3) is 0.235. The minimum Gasteiger partial charge on any atom is -0.493 e. The number of nitrogens with zero attached hydrogens (tertiary/aromatic N) is 2. The number of carbonyl (C=O) groups is 1. The average Bonchev–Trinajstić information content (AvgIpc) is 2.62. The molecule has 1 N–H and O–H groups in total. The van der Waals surface area contributed by atoms with Crippen LogP contribution in [0.5, 0.6) is 17.2 Å². The van der Waals surface area contributed by atoms with Gasteiger partial charge in [0.1, 0.15) is 6.54 Å². The van der Waals surface area contributed by atoms with Crippen LogP contribution in [0, 0.1) is 0 Å². The summed E-state index contributed by atoms with van der Waals surface area (Å²) in [5.41, 5.74) is 2.70. The first-order valence-corrected chi connectivity index (χ1v) is 7.37. The Bertz CT molecular complexity index is 829. The molecule has 132 valence electrons. The number of pyridine rings is 1. The molecule has 2 rings (SSSR count). The van der Waals surface area contributed by atoms with Crippen LogP contribution >= 0.6 is 0 Å². The predicted octanol–water partition coefficient (Wildman–Crippen LogP) is 1.02. The molecule has 0 saturated heterocycles. The van der Waals surface area contributed by atoms with Crippen molar-refractivity contribution in [2.45, 2.75) is 6.54 Å². The average molecular weight is 345 g/mol. The lowest BCUT2D eigenvalue weighted by atomic mass is 10.2. The molecule has 0 fully saturated rings. The molecule has 0 aliphatic carbocycles. The number of benzene rings is 1. The van der Waals surface area contributed by atoms with E-state index in [0.29, 0.717) is 22.8 Å². The molecular formula is C17H19N3O5. The van der Waals surface area contributed by atoms with Crippen LogP contribution in [0.1, 0.15) is 5.56 Å². The second-order valence-corrected chi connectivity index (χ2v) is 4.88. The molecule has 0 aliphatic rings. The normalized spacial score (nSPS) is 10.5. The third-order valence-corrected chi connectivity index (χ3v) is 3.34. The summed E-state index contributed by atoms with van der Waals surface area (Å²) in [4.78, 5) is 23.4. The molecule has 0 aliphatic heterocycles. The van der Waals surface area contributed by atoms with Crippen molar-refractivity contribution in [1.82, 2.24) is 9.99 Å². The highest BCUT2D eigenvalue weighted by molar-refractivity contribution is 5.87. The summed E-state index contributed by atoms with van der Waals surface area (Å²) >= 11 is 0. The largest absolute Gasteiger partial charge is 0.493 e. The predicted molar refractivity (Wildman–Crippen MR) is 92.5 cm³/mol. The van der Waals surface area contributed by atoms with E-state index in [2.05, 4.69) is 10.5 Å². The van der Waals surface area contributed by atoms with E-state index < -0.39 is 5.91 Å². The number of hydrogen-bond donors (Lipinski definition) is 1. The van der Waals surface area contributed by atoms with Crippen molar-refractivity contribution in [3.05, 3.63) is 52.4 Å². The SMILES string of the molecule is COc1ccc(/C=N\NC(=O)Cn2ccccc2=O)c(OC)c1OC. The molecule has 0 bridgehead atoms. The molecule has 0 saturated carbocycles. The van der Waals surface area contributed by atoms with Crippen molar-refractivity contribution in [3.8, 4) is 17.2 Å². The fourth-order valence-corrected chi connectivity index (χ4v) is 2.18. The van der Waals surface area contributed by atoms with Crippen molar-refractivity contribution in [1.29, 1.82) is 0 Å². The Morgan fingerprint density at radius 3 is 2.52 bits per heavy atom. The Morgan fingerprint density at radius 1 is 1.12 bits per heavy atom. The van der Waals surface area contributed by atoms with E-state index in [9.17, 15) is 9.59 Å². The molecule has 0 unspecified atom stereocenters. The highest BCUT2D eigenvalue weighted by Crippen LogP contribution is 2.38. The lowest BCUT2D eigenvalue weighted by molar-refractivity contribution is -0.121. The third-order valence-electron chi connectivity index (χ3n) is 3.34. The van der Waals surface area contributed by atoms with Gasteiger partial charge in [0.2, 0.25) is 5.75 Å². The lowest BCUT2D eigenvalue weighted by Crippen LogP contribution is -2.29. The number of ether oxygens (including phenoxy) is 3. The van der Waals surface area contributed by atoms with Crippen LogP contribution in [0.15, 0.2) is 46.4 Å². The summed E-state index contributed by atoms with van der Waals surface area (Å²) in [5, 5.41) is 3.89. The molecule has 2 aromatic rings. The molecule has 25 heavy (non-hydrogen) atoms. The van der Waals surface area contributed by atoms with Crippen LogP contribution < -0.4 is 25.2 Å². The minimum atomic E-state index is -0.427. The number of nitrogens with one attached hydrogen (secondary N) is 1. The monoisotopic (exact) mass is 345 g/mol. The van der Waals surface area contributed by atoms with E-state index in [0.717, 1.165) is 0 Å². The Kier molecular flexibility index (Phi) is 6.16. The summed E-state index contributed by atoms with van der Waals surface area (Å²) in [6, 6.07) is 8.08. The van der Waals surface area contributed by atoms with Crippen LogP contribution in [-0.4, -0.2) is 38.0 Å². The van der Waals surface area contributed by atoms with Crippen molar-refractivity contribution in [2.24, 2.45) is 5.10 Å². The van der Waals surface area contributed by atoms with E-state index in [1.165, 1.54) is 44.4 Å². The van der Waals surface area contributed by atoms with Gasteiger partial charge in [-0.3, -0.25) is 9.59 Å². The molecule has 8 heteroatoms. The van der Waals surface area contributed by atoms with Gasteiger partial charge in [-0.1, -0.05) is 6.07 Å². The van der Waals surface area contributed by atoms with E-state index in [1.54, 1.807) is 24.3 Å². The maximum atomic E-state index is 11.9. The zero-order valence-corrected chi connectivity index (χ0v) is 14.2. The van der Waals surface area contributed by atoms with Gasteiger partial charge < -0.3 is 18.8 Å². The molecule has 1 heterocycles. The van der Waals surface area contributed by atoms with Crippen molar-refractivity contribution >= 4 is 12.1 Å². The summed E-state index contributed by atoms with van der Waals surface area (Å²) < 4.78 is 17.1. The number of methoxy groups -OCH3 is 3. The zero-order valence-electron chi connectivity index (χ0n) is 14.2. The zero-order chi connectivity index (χ0) is 18.2. The second-order valence-electron chi connectivity index (χ2n) is 4.88. The van der Waals surface area contributed by atoms with Gasteiger partial charge in [0.05, 0.1) is 27.5 Å². The van der Waals surface area contributed by atoms with Crippen LogP contribution in [0.4, 0.5) is 0 Å². The van der Waals surface area contributed by atoms with Crippen LogP contribution in [0.2, 0.25) is 0 Å². The lowest BCUT2D eigenvalue weighted by Gasteiger charge is -2.13. The highest BCUT2D eigenvalue weighted by Gasteiger charge is 2.14. The maximum Gasteiger partial charge on any atom is 0.260 e. The van der Waals surface area contributed by atoms with Crippen LogP contribution in [-0.2, 0) is 11.3 Å². The minimum absolute atomic E-state index is 0.125. The Balaban J connectivity index is 2.10. The van der Waals surface area contributed by atoms with Gasteiger partial charge in [-0.25, -0.2) is 5.43 Å². The number of rotatable bonds is 7. The van der Waals surface area contributed by atoms with Crippen LogP contribution in [0.25, 0.3) is 0 Å². The molecule has 1 aromatic carbocycles. The van der Waals surface area contributed by atoms with Gasteiger partial charge in [0, 0.05) is 17.8 Å². The van der Waals surface area contributed by atoms with Gasteiger partial charge in [-0.15, -0.1) is 0 Å². The van der Waals surface area contributed by atoms with Gasteiger partial charge in [0.15, 0.2) is 11.5 Å². The van der Waals surface area contributed by atoms with E-state index in [4.69, 9.17) is 14.2 Å². The van der Waals surface area contributed by atoms with Gasteiger partial charge in [0.25, 0.3) is 11.5 Å². The molecule has 0 radical (unpaired) electrons. The Morgan fingerprint density at radius 2 is 1.88 bits per heavy atom. The standard InChI is InChI=1S/C17H19N3O5/c1-23-13-8-7-12(16(24-2)17(13)25-3)10-18-19-14(21)11-20-9-5-4-6-15(20)22/h4-10H,11H2,1-3H3,(H,19,21)/b18-10-. The topological polar surface area (TPSA) is 91.2 Å². The van der Waals surface area contributed by atoms with E-state index in [-0.39, 0.29) is 12.1 Å². The molecular weight excluding hydrogens is 326 g/mol. The molecule has 1 amide bonds. The number of aromatic nitrogens is 1. The molecule has 1 aromatic heterocycles. The number of carbonyl (C=O) groups excluding carboxylic acids is 1. The number of hydrogen-bond acceptors (Lipinski definition) is 6. The highest BCUT2D eigenvalue weighted by atomic mass is 16.5. The second kappa shape index (κ2) is 8.53. The third kappa shape index (κ3) is 4.37. The maximum absolute atomic E-state index is 11.9. The van der Waals surface area contributed by atoms with E-state index >= 15 is 0 Å². The van der Waals surface area contributed by atoms with Crippen molar-refractivity contribution in [2.75, 3.05) is 21.3 Å². The van der Waals surface area contributed by atoms with Crippen molar-refractivity contribution < 1.29 is 19.0 Å². The van der Waals surface area contributed by atoms with E-state index in [1.807, 2.05) is 0 Å². The summed E-state index contributed by atoms with van der Waals surface area (Å²) in [7, 11) is 4.52. The quantitative estimate of drug-likeness (QED) is 0.598. The summed E-state index contributed by atoms with van der Waals surface area (Å²) in [5.74, 6) is 0.947. The van der Waals surface area contributed by atoms with Gasteiger partial charge >= 0.3 is 0 Å². The number of hydrazone groups is 1. The Labute approximate surface area is 144 Å². The molecule has 8 nitrogen and oxygen atoms in total. The first-order valence-electron chi connectivity index (χ1n) is 7.37. The van der Waals surface area contributed by atoms with Gasteiger partial charge in [-0.05, 0) is 18.2 Å². The smallest absolute Gasteiger partial charge is 0.260 e. The molecule has 0 atom stereocenters. The first-order chi connectivity index (χ1) is 12.1. The summed E-state index contributed by atoms with van der Waals surface area (Å²) in [6.45, 7) is -0.125. The number of amides is 1. The fourth-order valence-electron chi connectivity index (χ4n) is 2.18. The van der Waals surface area contributed by atoms with Crippen molar-refractivity contribution in [3.63, 3.8) is 0 Å². The summed E-state index contributed by atoms with van der Waals surface area (Å²) in [6.07, 6.45) is 2.95. The Hall–Kier alpha value is -3.29.